The van der Waals surface area contributed by atoms with Gasteiger partial charge in [0.1, 0.15) is 12.5 Å². The Morgan fingerprint density at radius 3 is 2.78 bits per heavy atom. The number of likely N-dealkylation sites (N-methyl/N-ethyl adjacent to an activating group) is 1. The third kappa shape index (κ3) is 2.49. The Kier molecular flexibility index (Phi) is 3.89. The first-order chi connectivity index (χ1) is 8.63. The maximum atomic E-state index is 10.0. The molecule has 0 aliphatic carbocycles. The normalized spacial score (nSPS) is 11.6. The summed E-state index contributed by atoms with van der Waals surface area (Å²) < 4.78 is 7.21. The van der Waals surface area contributed by atoms with Gasteiger partial charge in [0.15, 0.2) is 0 Å². The molecule has 0 radical (unpaired) electrons. The highest BCUT2D eigenvalue weighted by Gasteiger charge is 2.11. The molecule has 0 saturated heterocycles. The average Bonchev–Trinajstić information content (AvgIpc) is 2.67. The van der Waals surface area contributed by atoms with Crippen LogP contribution in [0.3, 0.4) is 0 Å². The van der Waals surface area contributed by atoms with E-state index in [0.717, 1.165) is 29.4 Å². The number of hydrogen-bond donors (Lipinski definition) is 1. The molecule has 0 aliphatic rings. The predicted molar refractivity (Wildman–Crippen MR) is 72.9 cm³/mol. The molecule has 0 fully saturated rings. The number of rotatable bonds is 5. The van der Waals surface area contributed by atoms with Crippen LogP contribution >= 0.6 is 0 Å². The molecule has 2 aromatic rings. The van der Waals surface area contributed by atoms with Crippen LogP contribution in [0.4, 0.5) is 0 Å². The Labute approximate surface area is 107 Å². The smallest absolute Gasteiger partial charge is 0.125 e. The maximum Gasteiger partial charge on any atom is 0.125 e. The highest BCUT2D eigenvalue weighted by molar-refractivity contribution is 5.89. The fourth-order valence-electron chi connectivity index (χ4n) is 2.20. The zero-order valence-electron chi connectivity index (χ0n) is 11.2. The van der Waals surface area contributed by atoms with Crippen LogP contribution < -0.4 is 0 Å². The number of phenols is 1. The van der Waals surface area contributed by atoms with Crippen LogP contribution in [0.25, 0.3) is 10.9 Å². The van der Waals surface area contributed by atoms with Gasteiger partial charge in [0.05, 0.1) is 5.52 Å². The minimum absolute atomic E-state index is 0.344. The Hall–Kier alpha value is -1.52. The number of aromatic hydroxyl groups is 1. The first-order valence-electron chi connectivity index (χ1n) is 6.07. The first-order valence-corrected chi connectivity index (χ1v) is 6.07. The van der Waals surface area contributed by atoms with Gasteiger partial charge in [-0.1, -0.05) is 6.07 Å². The van der Waals surface area contributed by atoms with Crippen molar-refractivity contribution < 1.29 is 9.84 Å². The van der Waals surface area contributed by atoms with Crippen LogP contribution in [0, 0.1) is 0 Å². The summed E-state index contributed by atoms with van der Waals surface area (Å²) >= 11 is 0. The standard InChI is InChI=1S/C14H20N2O2/c1-15(2)8-7-11-9-16(10-18-3)12-5-4-6-13(17)14(11)12/h4-6,9,17H,7-8,10H2,1-3H3. The second-order valence-corrected chi connectivity index (χ2v) is 4.77. The zero-order chi connectivity index (χ0) is 13.1. The van der Waals surface area contributed by atoms with Crippen molar-refractivity contribution in [3.63, 3.8) is 0 Å². The number of aromatic nitrogens is 1. The van der Waals surface area contributed by atoms with E-state index in [2.05, 4.69) is 11.1 Å². The number of benzene rings is 1. The molecule has 0 amide bonds. The quantitative estimate of drug-likeness (QED) is 0.880. The molecule has 2 rings (SSSR count). The molecule has 4 nitrogen and oxygen atoms in total. The molecule has 0 aliphatic heterocycles. The molecule has 1 aromatic heterocycles. The number of nitrogens with zero attached hydrogens (tertiary/aromatic N) is 2. The molecular weight excluding hydrogens is 228 g/mol. The molecule has 98 valence electrons. The predicted octanol–water partition coefficient (Wildman–Crippen LogP) is 2.05. The summed E-state index contributed by atoms with van der Waals surface area (Å²) in [5.41, 5.74) is 2.18. The van der Waals surface area contributed by atoms with Gasteiger partial charge < -0.3 is 19.3 Å². The summed E-state index contributed by atoms with van der Waals surface area (Å²) in [6.07, 6.45) is 2.98. The van der Waals surface area contributed by atoms with Gasteiger partial charge in [-0.2, -0.15) is 0 Å². The molecule has 0 unspecified atom stereocenters. The fourth-order valence-corrected chi connectivity index (χ4v) is 2.20. The van der Waals surface area contributed by atoms with Crippen molar-refractivity contribution in [3.05, 3.63) is 30.0 Å². The summed E-state index contributed by atoms with van der Waals surface area (Å²) in [6.45, 7) is 1.46. The Morgan fingerprint density at radius 2 is 2.11 bits per heavy atom. The minimum Gasteiger partial charge on any atom is -0.507 e. The topological polar surface area (TPSA) is 37.6 Å². The largest absolute Gasteiger partial charge is 0.507 e. The van der Waals surface area contributed by atoms with Gasteiger partial charge in [0.25, 0.3) is 0 Å². The van der Waals surface area contributed by atoms with Gasteiger partial charge in [-0.25, -0.2) is 0 Å². The number of methoxy groups -OCH3 is 1. The van der Waals surface area contributed by atoms with E-state index in [0.29, 0.717) is 12.5 Å². The van der Waals surface area contributed by atoms with E-state index in [-0.39, 0.29) is 0 Å². The Bertz CT molecular complexity index is 532. The van der Waals surface area contributed by atoms with Crippen molar-refractivity contribution in [3.8, 4) is 5.75 Å². The second-order valence-electron chi connectivity index (χ2n) is 4.77. The van der Waals surface area contributed by atoms with Crippen LogP contribution in [0.2, 0.25) is 0 Å². The van der Waals surface area contributed by atoms with E-state index >= 15 is 0 Å². The molecule has 1 N–H and O–H groups in total. The highest BCUT2D eigenvalue weighted by atomic mass is 16.5. The SMILES string of the molecule is COCn1cc(CCN(C)C)c2c(O)cccc21. The molecule has 0 bridgehead atoms. The zero-order valence-corrected chi connectivity index (χ0v) is 11.2. The number of hydrogen-bond acceptors (Lipinski definition) is 3. The van der Waals surface area contributed by atoms with Crippen molar-refractivity contribution in [2.24, 2.45) is 0 Å². The van der Waals surface area contributed by atoms with Crippen molar-refractivity contribution in [1.82, 2.24) is 9.47 Å². The Balaban J connectivity index is 2.44. The van der Waals surface area contributed by atoms with Gasteiger partial charge in [-0.05, 0) is 38.2 Å². The number of fused-ring (bicyclic) bond motifs is 1. The van der Waals surface area contributed by atoms with Gasteiger partial charge in [-0.3, -0.25) is 0 Å². The molecule has 1 aromatic carbocycles. The van der Waals surface area contributed by atoms with Crippen molar-refractivity contribution in [2.45, 2.75) is 13.2 Å². The van der Waals surface area contributed by atoms with Gasteiger partial charge in [-0.15, -0.1) is 0 Å². The molecule has 18 heavy (non-hydrogen) atoms. The highest BCUT2D eigenvalue weighted by Crippen LogP contribution is 2.30. The van der Waals surface area contributed by atoms with E-state index in [4.69, 9.17) is 4.74 Å². The molecule has 0 saturated carbocycles. The van der Waals surface area contributed by atoms with Gasteiger partial charge in [0.2, 0.25) is 0 Å². The van der Waals surface area contributed by atoms with E-state index in [1.54, 1.807) is 13.2 Å². The number of ether oxygens (including phenoxy) is 1. The maximum absolute atomic E-state index is 10.0. The van der Waals surface area contributed by atoms with Crippen molar-refractivity contribution in [1.29, 1.82) is 0 Å². The summed E-state index contributed by atoms with van der Waals surface area (Å²) in [4.78, 5) is 2.14. The Morgan fingerprint density at radius 1 is 1.33 bits per heavy atom. The molecule has 4 heteroatoms. The lowest BCUT2D eigenvalue weighted by Gasteiger charge is -2.08. The van der Waals surface area contributed by atoms with Gasteiger partial charge >= 0.3 is 0 Å². The van der Waals surface area contributed by atoms with Crippen LogP contribution in [0.5, 0.6) is 5.75 Å². The summed E-state index contributed by atoms with van der Waals surface area (Å²) in [7, 11) is 5.77. The summed E-state index contributed by atoms with van der Waals surface area (Å²) in [5, 5.41) is 11.0. The lowest BCUT2D eigenvalue weighted by Crippen LogP contribution is -2.14. The molecule has 0 spiro atoms. The van der Waals surface area contributed by atoms with E-state index in [9.17, 15) is 5.11 Å². The van der Waals surface area contributed by atoms with Gasteiger partial charge in [0, 0.05) is 25.2 Å². The minimum atomic E-state index is 0.344. The third-order valence-electron chi connectivity index (χ3n) is 3.06. The van der Waals surface area contributed by atoms with Crippen LogP contribution in [-0.4, -0.2) is 42.3 Å². The average molecular weight is 248 g/mol. The lowest BCUT2D eigenvalue weighted by molar-refractivity contribution is 0.134. The van der Waals surface area contributed by atoms with Crippen LogP contribution in [0.1, 0.15) is 5.56 Å². The summed E-state index contributed by atoms with van der Waals surface area (Å²) in [5.74, 6) is 0.344. The van der Waals surface area contributed by atoms with Crippen LogP contribution in [-0.2, 0) is 17.9 Å². The second kappa shape index (κ2) is 5.42. The van der Waals surface area contributed by atoms with Crippen LogP contribution in [0.15, 0.2) is 24.4 Å². The lowest BCUT2D eigenvalue weighted by atomic mass is 10.1. The third-order valence-corrected chi connectivity index (χ3v) is 3.06. The van der Waals surface area contributed by atoms with Crippen molar-refractivity contribution >= 4 is 10.9 Å². The monoisotopic (exact) mass is 248 g/mol. The van der Waals surface area contributed by atoms with E-state index in [1.807, 2.05) is 30.8 Å². The summed E-state index contributed by atoms with van der Waals surface area (Å²) in [6, 6.07) is 5.60. The number of phenolic OH excluding ortho intramolecular Hbond substituents is 1. The van der Waals surface area contributed by atoms with E-state index < -0.39 is 0 Å². The molecular formula is C14H20N2O2. The van der Waals surface area contributed by atoms with E-state index in [1.165, 1.54) is 0 Å². The first kappa shape index (κ1) is 12.9. The molecule has 1 heterocycles. The fraction of sp³-hybridized carbons (Fsp3) is 0.429. The van der Waals surface area contributed by atoms with Crippen molar-refractivity contribution in [2.75, 3.05) is 27.7 Å². The molecule has 0 atom stereocenters.